The first kappa shape index (κ1) is 25.8. The van der Waals surface area contributed by atoms with Crippen molar-refractivity contribution >= 4 is 11.7 Å². The molecular formula is C20H33F3N6O. The van der Waals surface area contributed by atoms with Crippen LogP contribution in [0.4, 0.5) is 13.2 Å². The highest BCUT2D eigenvalue weighted by Crippen LogP contribution is 2.19. The SMILES string of the molecule is CCC(=O)NCCC(F)(F)F.CCC(C)CCCC(N)c1cn2nc(C)cnc2n1. The number of halogens is 3. The molecule has 0 aliphatic rings. The molecule has 2 atom stereocenters. The lowest BCUT2D eigenvalue weighted by molar-refractivity contribution is -0.135. The summed E-state index contributed by atoms with van der Waals surface area (Å²) < 4.78 is 36.1. The van der Waals surface area contributed by atoms with Gasteiger partial charge in [-0.15, -0.1) is 0 Å². The van der Waals surface area contributed by atoms with Crippen LogP contribution >= 0.6 is 0 Å². The van der Waals surface area contributed by atoms with Gasteiger partial charge in [0, 0.05) is 19.0 Å². The molecule has 170 valence electrons. The molecule has 7 nitrogen and oxygen atoms in total. The Balaban J connectivity index is 0.000000352. The molecule has 0 bridgehead atoms. The van der Waals surface area contributed by atoms with Crippen LogP contribution in [0.5, 0.6) is 0 Å². The number of aryl methyl sites for hydroxylation is 1. The van der Waals surface area contributed by atoms with Gasteiger partial charge in [0.2, 0.25) is 5.91 Å². The Morgan fingerprint density at radius 1 is 1.30 bits per heavy atom. The maximum absolute atomic E-state index is 11.5. The van der Waals surface area contributed by atoms with E-state index in [-0.39, 0.29) is 24.9 Å². The number of imidazole rings is 1. The average Bonchev–Trinajstić information content (AvgIpc) is 3.10. The van der Waals surface area contributed by atoms with Crippen molar-refractivity contribution in [2.75, 3.05) is 6.54 Å². The Hall–Kier alpha value is -2.23. The lowest BCUT2D eigenvalue weighted by Crippen LogP contribution is -2.26. The van der Waals surface area contributed by atoms with Crippen LogP contribution in [0.25, 0.3) is 5.78 Å². The Labute approximate surface area is 175 Å². The van der Waals surface area contributed by atoms with Gasteiger partial charge in [-0.25, -0.2) is 14.5 Å². The molecule has 2 aromatic heterocycles. The highest BCUT2D eigenvalue weighted by atomic mass is 19.4. The number of rotatable bonds is 9. The van der Waals surface area contributed by atoms with Crippen LogP contribution in [-0.4, -0.2) is 38.2 Å². The van der Waals surface area contributed by atoms with Crippen LogP contribution in [0.15, 0.2) is 12.4 Å². The molecule has 0 saturated carbocycles. The van der Waals surface area contributed by atoms with E-state index in [0.29, 0.717) is 5.78 Å². The zero-order valence-corrected chi connectivity index (χ0v) is 18.2. The number of nitrogens with two attached hydrogens (primary N) is 1. The zero-order valence-electron chi connectivity index (χ0n) is 18.2. The maximum Gasteiger partial charge on any atom is 0.390 e. The molecule has 0 fully saturated rings. The smallest absolute Gasteiger partial charge is 0.356 e. The van der Waals surface area contributed by atoms with Crippen LogP contribution in [0.3, 0.4) is 0 Å². The maximum atomic E-state index is 11.5. The summed E-state index contributed by atoms with van der Waals surface area (Å²) in [6.07, 6.45) is 3.27. The number of nitrogens with one attached hydrogen (secondary N) is 1. The molecule has 2 aromatic rings. The van der Waals surface area contributed by atoms with Crippen molar-refractivity contribution in [1.29, 1.82) is 0 Å². The van der Waals surface area contributed by atoms with Crippen LogP contribution in [0.2, 0.25) is 0 Å². The standard InChI is InChI=1S/C14H23N5.C6H10F3NO/c1-4-10(2)6-5-7-12(15)13-9-19-14(17-13)16-8-11(3)18-19;1-2-5(11)10-4-3-6(7,8)9/h8-10,12H,4-7,15H2,1-3H3;2-4H2,1H3,(H,10,11). The molecule has 3 N–H and O–H groups in total. The highest BCUT2D eigenvalue weighted by Gasteiger charge is 2.26. The zero-order chi connectivity index (χ0) is 22.7. The summed E-state index contributed by atoms with van der Waals surface area (Å²) in [6.45, 7) is 7.69. The largest absolute Gasteiger partial charge is 0.390 e. The molecule has 1 amide bonds. The highest BCUT2D eigenvalue weighted by molar-refractivity contribution is 5.75. The van der Waals surface area contributed by atoms with Gasteiger partial charge in [0.25, 0.3) is 5.78 Å². The van der Waals surface area contributed by atoms with E-state index >= 15 is 0 Å². The number of carbonyl (C=O) groups excluding carboxylic acids is 1. The molecule has 0 aromatic carbocycles. The number of amides is 1. The fourth-order valence-electron chi connectivity index (χ4n) is 2.57. The first-order valence-corrected chi connectivity index (χ1v) is 10.3. The summed E-state index contributed by atoms with van der Waals surface area (Å²) in [5.41, 5.74) is 7.95. The lowest BCUT2D eigenvalue weighted by Gasteiger charge is -2.11. The number of aromatic nitrogens is 4. The first-order chi connectivity index (χ1) is 14.1. The van der Waals surface area contributed by atoms with E-state index in [0.717, 1.165) is 30.1 Å². The minimum absolute atomic E-state index is 0.0205. The van der Waals surface area contributed by atoms with E-state index in [4.69, 9.17) is 5.73 Å². The van der Waals surface area contributed by atoms with E-state index < -0.39 is 12.6 Å². The predicted octanol–water partition coefficient (Wildman–Crippen LogP) is 4.11. The van der Waals surface area contributed by atoms with Crippen LogP contribution in [-0.2, 0) is 4.79 Å². The molecule has 0 aliphatic carbocycles. The summed E-state index contributed by atoms with van der Waals surface area (Å²) in [7, 11) is 0. The van der Waals surface area contributed by atoms with Gasteiger partial charge in [0.15, 0.2) is 0 Å². The Morgan fingerprint density at radius 3 is 2.60 bits per heavy atom. The monoisotopic (exact) mass is 430 g/mol. The number of carbonyl (C=O) groups is 1. The summed E-state index contributed by atoms with van der Waals surface area (Å²) in [5, 5.41) is 6.47. The first-order valence-electron chi connectivity index (χ1n) is 10.3. The van der Waals surface area contributed by atoms with Gasteiger partial charge in [0.05, 0.1) is 30.2 Å². The average molecular weight is 431 g/mol. The van der Waals surface area contributed by atoms with Gasteiger partial charge in [-0.3, -0.25) is 4.79 Å². The van der Waals surface area contributed by atoms with Gasteiger partial charge in [0.1, 0.15) is 0 Å². The van der Waals surface area contributed by atoms with Crippen molar-refractivity contribution in [3.63, 3.8) is 0 Å². The quantitative estimate of drug-likeness (QED) is 0.624. The third-order valence-corrected chi connectivity index (χ3v) is 4.66. The second-order valence-corrected chi connectivity index (χ2v) is 7.43. The van der Waals surface area contributed by atoms with E-state index in [1.54, 1.807) is 17.6 Å². The van der Waals surface area contributed by atoms with E-state index in [2.05, 4.69) is 34.2 Å². The predicted molar refractivity (Wildman–Crippen MR) is 110 cm³/mol. The fourth-order valence-corrected chi connectivity index (χ4v) is 2.57. The Bertz CT molecular complexity index is 777. The van der Waals surface area contributed by atoms with Crippen molar-refractivity contribution in [1.82, 2.24) is 24.9 Å². The third kappa shape index (κ3) is 10.00. The number of alkyl halides is 3. The van der Waals surface area contributed by atoms with Gasteiger partial charge in [-0.2, -0.15) is 18.3 Å². The molecule has 0 aliphatic heterocycles. The Morgan fingerprint density at radius 2 is 2.00 bits per heavy atom. The van der Waals surface area contributed by atoms with Gasteiger partial charge in [-0.1, -0.05) is 40.0 Å². The molecule has 0 saturated heterocycles. The minimum Gasteiger partial charge on any atom is -0.356 e. The van der Waals surface area contributed by atoms with Gasteiger partial charge in [-0.05, 0) is 19.3 Å². The number of hydrogen-bond donors (Lipinski definition) is 2. The van der Waals surface area contributed by atoms with Crippen molar-refractivity contribution in [3.8, 4) is 0 Å². The minimum atomic E-state index is -4.18. The van der Waals surface area contributed by atoms with E-state index in [1.165, 1.54) is 12.8 Å². The van der Waals surface area contributed by atoms with Crippen molar-refractivity contribution < 1.29 is 18.0 Å². The molecule has 2 heterocycles. The van der Waals surface area contributed by atoms with Gasteiger partial charge >= 0.3 is 6.18 Å². The summed E-state index contributed by atoms with van der Waals surface area (Å²) >= 11 is 0. The molecular weight excluding hydrogens is 397 g/mol. The normalized spacial score (nSPS) is 13.5. The second-order valence-electron chi connectivity index (χ2n) is 7.43. The van der Waals surface area contributed by atoms with E-state index in [9.17, 15) is 18.0 Å². The molecule has 0 radical (unpaired) electrons. The molecule has 2 rings (SSSR count). The molecule has 10 heteroatoms. The van der Waals surface area contributed by atoms with Crippen molar-refractivity contribution in [3.05, 3.63) is 23.8 Å². The van der Waals surface area contributed by atoms with Crippen molar-refractivity contribution in [2.45, 2.75) is 78.4 Å². The summed E-state index contributed by atoms with van der Waals surface area (Å²) in [4.78, 5) is 19.1. The van der Waals surface area contributed by atoms with E-state index in [1.807, 2.05) is 13.1 Å². The molecule has 2 unspecified atom stereocenters. The number of fused-ring (bicyclic) bond motifs is 1. The topological polar surface area (TPSA) is 98.2 Å². The molecule has 30 heavy (non-hydrogen) atoms. The lowest BCUT2D eigenvalue weighted by atomic mass is 9.99. The van der Waals surface area contributed by atoms with Gasteiger partial charge < -0.3 is 11.1 Å². The molecule has 0 spiro atoms. The number of nitrogens with zero attached hydrogens (tertiary/aromatic N) is 4. The number of hydrogen-bond acceptors (Lipinski definition) is 5. The summed E-state index contributed by atoms with van der Waals surface area (Å²) in [5.74, 6) is 1.05. The summed E-state index contributed by atoms with van der Waals surface area (Å²) in [6, 6.07) is -0.0205. The third-order valence-electron chi connectivity index (χ3n) is 4.66. The van der Waals surface area contributed by atoms with Crippen LogP contribution < -0.4 is 11.1 Å². The van der Waals surface area contributed by atoms with Crippen LogP contribution in [0.1, 0.15) is 76.7 Å². The second kappa shape index (κ2) is 12.5. The van der Waals surface area contributed by atoms with Crippen LogP contribution in [0, 0.1) is 12.8 Å². The fraction of sp³-hybridized carbons (Fsp3) is 0.700. The van der Waals surface area contributed by atoms with Crippen molar-refractivity contribution in [2.24, 2.45) is 11.7 Å². The Kier molecular flexibility index (Phi) is 10.7.